The number of carbonyl (C=O) groups is 1. The standard InChI is InChI=1S/C21H17N3O2S/c1-26-20-13-27-12-16(20)21(25)22-17-8-4-2-6-14(17)10-11-19-15-7-3-5-9-18(15)23-24-19/h2-13H,1H3,(H,22,25)(H,23,24)/b11-10+. The van der Waals surface area contributed by atoms with Crippen molar-refractivity contribution >= 4 is 46.0 Å². The number of fused-ring (bicyclic) bond motifs is 1. The minimum Gasteiger partial charge on any atom is -0.495 e. The van der Waals surface area contributed by atoms with Crippen molar-refractivity contribution in [2.45, 2.75) is 0 Å². The number of hydrogen-bond donors (Lipinski definition) is 2. The topological polar surface area (TPSA) is 67.0 Å². The smallest absolute Gasteiger partial charge is 0.260 e. The van der Waals surface area contributed by atoms with Gasteiger partial charge < -0.3 is 10.1 Å². The predicted octanol–water partition coefficient (Wildman–Crippen LogP) is 5.06. The van der Waals surface area contributed by atoms with Crippen LogP contribution in [-0.2, 0) is 0 Å². The van der Waals surface area contributed by atoms with E-state index in [9.17, 15) is 4.79 Å². The quantitative estimate of drug-likeness (QED) is 0.513. The molecule has 0 atom stereocenters. The van der Waals surface area contributed by atoms with Crippen molar-refractivity contribution in [1.82, 2.24) is 10.2 Å². The van der Waals surface area contributed by atoms with E-state index in [4.69, 9.17) is 4.74 Å². The lowest BCUT2D eigenvalue weighted by atomic mass is 10.1. The molecule has 2 heterocycles. The molecule has 0 spiro atoms. The van der Waals surface area contributed by atoms with Gasteiger partial charge in [-0.2, -0.15) is 5.10 Å². The number of methoxy groups -OCH3 is 1. The van der Waals surface area contributed by atoms with Crippen LogP contribution < -0.4 is 10.1 Å². The molecule has 6 heteroatoms. The van der Waals surface area contributed by atoms with E-state index in [0.717, 1.165) is 27.8 Å². The Morgan fingerprint density at radius 1 is 1.11 bits per heavy atom. The SMILES string of the molecule is COc1cscc1C(=O)Nc1ccccc1/C=C/c1n[nH]c2ccccc12. The van der Waals surface area contributed by atoms with E-state index in [1.807, 2.05) is 66.1 Å². The summed E-state index contributed by atoms with van der Waals surface area (Å²) in [5.74, 6) is 0.382. The van der Waals surface area contributed by atoms with E-state index in [0.29, 0.717) is 11.3 Å². The van der Waals surface area contributed by atoms with Gasteiger partial charge in [0.15, 0.2) is 0 Å². The van der Waals surface area contributed by atoms with Crippen LogP contribution in [0, 0.1) is 0 Å². The van der Waals surface area contributed by atoms with E-state index in [1.165, 1.54) is 11.3 Å². The maximum Gasteiger partial charge on any atom is 0.260 e. The number of rotatable bonds is 5. The summed E-state index contributed by atoms with van der Waals surface area (Å²) >= 11 is 1.43. The van der Waals surface area contributed by atoms with Crippen molar-refractivity contribution in [1.29, 1.82) is 0 Å². The summed E-state index contributed by atoms with van der Waals surface area (Å²) < 4.78 is 5.24. The zero-order valence-electron chi connectivity index (χ0n) is 14.6. The normalized spacial score (nSPS) is 11.1. The Morgan fingerprint density at radius 2 is 1.93 bits per heavy atom. The van der Waals surface area contributed by atoms with E-state index < -0.39 is 0 Å². The molecule has 4 rings (SSSR count). The van der Waals surface area contributed by atoms with Crippen LogP contribution in [0.15, 0.2) is 59.3 Å². The number of para-hydroxylation sites is 2. The highest BCUT2D eigenvalue weighted by atomic mass is 32.1. The first kappa shape index (κ1) is 17.1. The number of ether oxygens (including phenoxy) is 1. The maximum absolute atomic E-state index is 12.6. The van der Waals surface area contributed by atoms with E-state index >= 15 is 0 Å². The largest absolute Gasteiger partial charge is 0.495 e. The first-order valence-electron chi connectivity index (χ1n) is 8.38. The Morgan fingerprint density at radius 3 is 2.81 bits per heavy atom. The summed E-state index contributed by atoms with van der Waals surface area (Å²) in [5.41, 5.74) is 3.99. The molecule has 0 saturated carbocycles. The van der Waals surface area contributed by atoms with Gasteiger partial charge in [-0.15, -0.1) is 11.3 Å². The lowest BCUT2D eigenvalue weighted by Crippen LogP contribution is -2.12. The molecule has 1 amide bonds. The van der Waals surface area contributed by atoms with Crippen LogP contribution in [0.1, 0.15) is 21.6 Å². The first-order valence-corrected chi connectivity index (χ1v) is 9.32. The number of nitrogens with zero attached hydrogens (tertiary/aromatic N) is 1. The Hall–Kier alpha value is -3.38. The number of benzene rings is 2. The number of H-pyrrole nitrogens is 1. The van der Waals surface area contributed by atoms with Crippen LogP contribution in [0.25, 0.3) is 23.1 Å². The Labute approximate surface area is 160 Å². The predicted molar refractivity (Wildman–Crippen MR) is 110 cm³/mol. The summed E-state index contributed by atoms with van der Waals surface area (Å²) in [6, 6.07) is 15.6. The first-order chi connectivity index (χ1) is 13.3. The third-order valence-corrected chi connectivity index (χ3v) is 4.94. The maximum atomic E-state index is 12.6. The fourth-order valence-corrected chi connectivity index (χ4v) is 3.61. The molecule has 2 N–H and O–H groups in total. The fourth-order valence-electron chi connectivity index (χ4n) is 2.84. The minimum atomic E-state index is -0.195. The average molecular weight is 375 g/mol. The number of aromatic nitrogens is 2. The minimum absolute atomic E-state index is 0.195. The molecule has 4 aromatic rings. The van der Waals surface area contributed by atoms with Crippen LogP contribution in [0.3, 0.4) is 0 Å². The van der Waals surface area contributed by atoms with Crippen LogP contribution in [0.4, 0.5) is 5.69 Å². The third kappa shape index (κ3) is 3.47. The van der Waals surface area contributed by atoms with Crippen molar-refractivity contribution in [2.24, 2.45) is 0 Å². The summed E-state index contributed by atoms with van der Waals surface area (Å²) in [4.78, 5) is 12.6. The Balaban J connectivity index is 1.60. The van der Waals surface area contributed by atoms with Crippen LogP contribution in [0.5, 0.6) is 5.75 Å². The molecule has 2 aromatic heterocycles. The number of amides is 1. The molecule has 0 aliphatic heterocycles. The number of carbonyl (C=O) groups excluding carboxylic acids is 1. The van der Waals surface area contributed by atoms with Gasteiger partial charge in [0.2, 0.25) is 0 Å². The molecule has 0 bridgehead atoms. The molecule has 134 valence electrons. The molecule has 0 aliphatic carbocycles. The number of anilines is 1. The lowest BCUT2D eigenvalue weighted by molar-refractivity contribution is 0.102. The molecular formula is C21H17N3O2S. The molecule has 2 aromatic carbocycles. The van der Waals surface area contributed by atoms with Gasteiger partial charge in [0.25, 0.3) is 5.91 Å². The second kappa shape index (κ2) is 7.47. The van der Waals surface area contributed by atoms with Crippen molar-refractivity contribution in [3.63, 3.8) is 0 Å². The fraction of sp³-hybridized carbons (Fsp3) is 0.0476. The molecule has 0 fully saturated rings. The monoisotopic (exact) mass is 375 g/mol. The summed E-state index contributed by atoms with van der Waals surface area (Å²) in [6.07, 6.45) is 3.89. The second-order valence-electron chi connectivity index (χ2n) is 5.88. The van der Waals surface area contributed by atoms with Gasteiger partial charge in [-0.1, -0.05) is 42.5 Å². The average Bonchev–Trinajstić information content (AvgIpc) is 3.34. The summed E-state index contributed by atoms with van der Waals surface area (Å²) in [5, 5.41) is 15.0. The number of nitrogens with one attached hydrogen (secondary N) is 2. The molecule has 27 heavy (non-hydrogen) atoms. The Bertz CT molecular complexity index is 1130. The van der Waals surface area contributed by atoms with E-state index in [2.05, 4.69) is 15.5 Å². The van der Waals surface area contributed by atoms with E-state index in [-0.39, 0.29) is 5.91 Å². The zero-order valence-corrected chi connectivity index (χ0v) is 15.4. The van der Waals surface area contributed by atoms with Crippen molar-refractivity contribution in [3.8, 4) is 5.75 Å². The number of thiophene rings is 1. The lowest BCUT2D eigenvalue weighted by Gasteiger charge is -2.08. The summed E-state index contributed by atoms with van der Waals surface area (Å²) in [7, 11) is 1.56. The summed E-state index contributed by atoms with van der Waals surface area (Å²) in [6.45, 7) is 0. The van der Waals surface area contributed by atoms with Gasteiger partial charge >= 0.3 is 0 Å². The third-order valence-electron chi connectivity index (χ3n) is 4.22. The van der Waals surface area contributed by atoms with Crippen LogP contribution in [-0.4, -0.2) is 23.2 Å². The molecule has 5 nitrogen and oxygen atoms in total. The Kier molecular flexibility index (Phi) is 4.72. The van der Waals surface area contributed by atoms with Gasteiger partial charge in [0.05, 0.1) is 23.9 Å². The van der Waals surface area contributed by atoms with Gasteiger partial charge in [-0.3, -0.25) is 9.89 Å². The van der Waals surface area contributed by atoms with Crippen LogP contribution in [0.2, 0.25) is 0 Å². The molecule has 0 saturated heterocycles. The number of aromatic amines is 1. The molecular weight excluding hydrogens is 358 g/mol. The van der Waals surface area contributed by atoms with Crippen molar-refractivity contribution in [2.75, 3.05) is 12.4 Å². The van der Waals surface area contributed by atoms with Gasteiger partial charge in [0.1, 0.15) is 5.75 Å². The van der Waals surface area contributed by atoms with Gasteiger partial charge in [-0.25, -0.2) is 0 Å². The molecule has 0 radical (unpaired) electrons. The van der Waals surface area contributed by atoms with Crippen molar-refractivity contribution < 1.29 is 9.53 Å². The van der Waals surface area contributed by atoms with Crippen LogP contribution >= 0.6 is 11.3 Å². The molecule has 0 aliphatic rings. The van der Waals surface area contributed by atoms with Gasteiger partial charge in [-0.05, 0) is 23.8 Å². The molecule has 0 unspecified atom stereocenters. The second-order valence-corrected chi connectivity index (χ2v) is 6.63. The van der Waals surface area contributed by atoms with Gasteiger partial charge in [0, 0.05) is 21.8 Å². The number of hydrogen-bond acceptors (Lipinski definition) is 4. The highest BCUT2D eigenvalue weighted by Gasteiger charge is 2.14. The zero-order chi connectivity index (χ0) is 18.6. The highest BCUT2D eigenvalue weighted by molar-refractivity contribution is 7.08. The van der Waals surface area contributed by atoms with Crippen molar-refractivity contribution in [3.05, 3.63) is 76.1 Å². The van der Waals surface area contributed by atoms with E-state index in [1.54, 1.807) is 12.5 Å². The highest BCUT2D eigenvalue weighted by Crippen LogP contribution is 2.26.